The lowest BCUT2D eigenvalue weighted by Crippen LogP contribution is -1.92. The van der Waals surface area contributed by atoms with E-state index >= 15 is 0 Å². The first-order valence-corrected chi connectivity index (χ1v) is 16.6. The van der Waals surface area contributed by atoms with Crippen molar-refractivity contribution in [1.82, 2.24) is 9.97 Å². The van der Waals surface area contributed by atoms with Crippen LogP contribution in [-0.4, -0.2) is 9.97 Å². The predicted octanol–water partition coefficient (Wildman–Crippen LogP) is 12.5. The molecule has 0 radical (unpaired) electrons. The molecule has 0 spiro atoms. The maximum atomic E-state index is 6.04. The molecule has 2 aromatic heterocycles. The fourth-order valence-electron chi connectivity index (χ4n) is 7.26. The van der Waals surface area contributed by atoms with Gasteiger partial charge in [-0.3, -0.25) is 4.98 Å². The molecule has 2 heterocycles. The summed E-state index contributed by atoms with van der Waals surface area (Å²) >= 11 is 0. The lowest BCUT2D eigenvalue weighted by molar-refractivity contribution is 0.669. The van der Waals surface area contributed by atoms with Crippen molar-refractivity contribution < 1.29 is 4.42 Å². The SMILES string of the molecule is c1cc(-c2ccc(-c3ccc4oc5ccccc5c4c3)cc2)cc(-c2cccc(-c3cnc4c5ccccc5c5ccccc5c4n3)c2)c1. The molecule has 0 N–H and O–H groups in total. The van der Waals surface area contributed by atoms with Crippen LogP contribution in [-0.2, 0) is 0 Å². The number of aromatic nitrogens is 2. The number of para-hydroxylation sites is 1. The van der Waals surface area contributed by atoms with Gasteiger partial charge in [0.05, 0.1) is 22.9 Å². The Labute approximate surface area is 282 Å². The largest absolute Gasteiger partial charge is 0.456 e. The van der Waals surface area contributed by atoms with Crippen LogP contribution in [0.2, 0.25) is 0 Å². The number of fused-ring (bicyclic) bond motifs is 9. The zero-order chi connectivity index (χ0) is 32.3. The number of furan rings is 1. The minimum Gasteiger partial charge on any atom is -0.456 e. The number of rotatable bonds is 4. The third-order valence-corrected chi connectivity index (χ3v) is 9.71. The Morgan fingerprint density at radius 2 is 0.816 bits per heavy atom. The second kappa shape index (κ2) is 11.0. The molecule has 0 fully saturated rings. The van der Waals surface area contributed by atoms with Gasteiger partial charge in [-0.15, -0.1) is 0 Å². The van der Waals surface area contributed by atoms with Crippen molar-refractivity contribution in [2.45, 2.75) is 0 Å². The molecule has 0 aliphatic rings. The highest BCUT2D eigenvalue weighted by Gasteiger charge is 2.13. The molecule has 0 unspecified atom stereocenters. The van der Waals surface area contributed by atoms with Crippen LogP contribution >= 0.6 is 0 Å². The van der Waals surface area contributed by atoms with Crippen molar-refractivity contribution in [3.05, 3.63) is 170 Å². The zero-order valence-electron chi connectivity index (χ0n) is 26.5. The van der Waals surface area contributed by atoms with Gasteiger partial charge < -0.3 is 4.42 Å². The van der Waals surface area contributed by atoms with Crippen molar-refractivity contribution in [2.75, 3.05) is 0 Å². The highest BCUT2D eigenvalue weighted by Crippen LogP contribution is 2.36. The molecule has 49 heavy (non-hydrogen) atoms. The Hall–Kier alpha value is -6.58. The minimum atomic E-state index is 0.864. The van der Waals surface area contributed by atoms with E-state index in [4.69, 9.17) is 14.4 Å². The molecule has 0 bridgehead atoms. The molecule has 228 valence electrons. The van der Waals surface area contributed by atoms with Crippen LogP contribution in [0.4, 0.5) is 0 Å². The summed E-state index contributed by atoms with van der Waals surface area (Å²) < 4.78 is 6.04. The highest BCUT2D eigenvalue weighted by molar-refractivity contribution is 6.23. The van der Waals surface area contributed by atoms with E-state index in [1.807, 2.05) is 18.3 Å². The highest BCUT2D eigenvalue weighted by atomic mass is 16.3. The Morgan fingerprint density at radius 1 is 0.327 bits per heavy atom. The summed E-state index contributed by atoms with van der Waals surface area (Å²) in [5, 5.41) is 6.93. The van der Waals surface area contributed by atoms with Crippen LogP contribution in [0, 0.1) is 0 Å². The number of hydrogen-bond acceptors (Lipinski definition) is 3. The number of hydrogen-bond donors (Lipinski definition) is 0. The normalized spacial score (nSPS) is 11.7. The minimum absolute atomic E-state index is 0.864. The van der Waals surface area contributed by atoms with Gasteiger partial charge >= 0.3 is 0 Å². The van der Waals surface area contributed by atoms with E-state index in [1.54, 1.807) is 0 Å². The molecule has 8 aromatic carbocycles. The summed E-state index contributed by atoms with van der Waals surface area (Å²) in [6.45, 7) is 0. The quantitative estimate of drug-likeness (QED) is 0.183. The van der Waals surface area contributed by atoms with Gasteiger partial charge in [-0.2, -0.15) is 0 Å². The van der Waals surface area contributed by atoms with E-state index in [0.29, 0.717) is 0 Å². The summed E-state index contributed by atoms with van der Waals surface area (Å²) in [7, 11) is 0. The summed E-state index contributed by atoms with van der Waals surface area (Å²) in [6.07, 6.45) is 1.91. The van der Waals surface area contributed by atoms with Crippen molar-refractivity contribution in [2.24, 2.45) is 0 Å². The maximum absolute atomic E-state index is 6.04. The third kappa shape index (κ3) is 4.59. The average Bonchev–Trinajstić information content (AvgIpc) is 3.56. The zero-order valence-corrected chi connectivity index (χ0v) is 26.5. The first-order valence-electron chi connectivity index (χ1n) is 16.6. The van der Waals surface area contributed by atoms with Gasteiger partial charge in [-0.1, -0.05) is 133 Å². The monoisotopic (exact) mass is 624 g/mol. The molecule has 0 amide bonds. The summed E-state index contributed by atoms with van der Waals surface area (Å²) in [5.74, 6) is 0. The van der Waals surface area contributed by atoms with Gasteiger partial charge in [0.1, 0.15) is 11.2 Å². The Balaban J connectivity index is 0.987. The van der Waals surface area contributed by atoms with Gasteiger partial charge in [0.15, 0.2) is 0 Å². The van der Waals surface area contributed by atoms with Crippen LogP contribution in [0.3, 0.4) is 0 Å². The average molecular weight is 625 g/mol. The molecule has 0 aliphatic heterocycles. The molecule has 10 aromatic rings. The van der Waals surface area contributed by atoms with Crippen LogP contribution in [0.5, 0.6) is 0 Å². The smallest absolute Gasteiger partial charge is 0.135 e. The lowest BCUT2D eigenvalue weighted by atomic mass is 9.96. The maximum Gasteiger partial charge on any atom is 0.135 e. The molecule has 0 aliphatic carbocycles. The first-order chi connectivity index (χ1) is 24.3. The predicted molar refractivity (Wildman–Crippen MR) is 204 cm³/mol. The van der Waals surface area contributed by atoms with E-state index < -0.39 is 0 Å². The van der Waals surface area contributed by atoms with Crippen molar-refractivity contribution in [3.8, 4) is 44.6 Å². The molecule has 3 heteroatoms. The summed E-state index contributed by atoms with van der Waals surface area (Å²) in [4.78, 5) is 10.2. The van der Waals surface area contributed by atoms with Crippen LogP contribution in [0.15, 0.2) is 174 Å². The lowest BCUT2D eigenvalue weighted by Gasteiger charge is -2.11. The van der Waals surface area contributed by atoms with Crippen LogP contribution in [0.1, 0.15) is 0 Å². The fourth-order valence-corrected chi connectivity index (χ4v) is 7.26. The standard InChI is InChI=1S/C46H28N2O/c1-3-16-39-36(13-1)37-14-2-4-17-40(37)46-45(39)47-28-42(48-46)35-12-8-11-33(26-35)32-10-7-9-31(25-32)29-19-21-30(22-20-29)34-23-24-44-41(27-34)38-15-5-6-18-43(38)49-44/h1-28H. The fraction of sp³-hybridized carbons (Fsp3) is 0. The van der Waals surface area contributed by atoms with Crippen LogP contribution in [0.25, 0.3) is 99.2 Å². The number of benzene rings is 8. The Morgan fingerprint density at radius 3 is 1.51 bits per heavy atom. The van der Waals surface area contributed by atoms with E-state index in [0.717, 1.165) is 66.1 Å². The first kappa shape index (κ1) is 27.5. The summed E-state index contributed by atoms with van der Waals surface area (Å²) in [6, 6.07) is 57.8. The molecule has 0 atom stereocenters. The van der Waals surface area contributed by atoms with Gasteiger partial charge in [0.2, 0.25) is 0 Å². The van der Waals surface area contributed by atoms with Gasteiger partial charge in [0.25, 0.3) is 0 Å². The molecule has 10 rings (SSSR count). The summed E-state index contributed by atoms with van der Waals surface area (Å²) in [5.41, 5.74) is 12.6. The van der Waals surface area contributed by atoms with Gasteiger partial charge in [-0.05, 0) is 74.5 Å². The molecular weight excluding hydrogens is 597 g/mol. The van der Waals surface area contributed by atoms with E-state index in [1.165, 1.54) is 33.0 Å². The Kier molecular flexibility index (Phi) is 6.18. The number of nitrogens with zero attached hydrogens (tertiary/aromatic N) is 2. The van der Waals surface area contributed by atoms with Gasteiger partial charge in [-0.25, -0.2) is 4.98 Å². The van der Waals surface area contributed by atoms with E-state index in [9.17, 15) is 0 Å². The van der Waals surface area contributed by atoms with Crippen molar-refractivity contribution in [1.29, 1.82) is 0 Å². The van der Waals surface area contributed by atoms with Crippen molar-refractivity contribution in [3.63, 3.8) is 0 Å². The molecule has 0 saturated carbocycles. The van der Waals surface area contributed by atoms with E-state index in [2.05, 4.69) is 152 Å². The second-order valence-electron chi connectivity index (χ2n) is 12.6. The topological polar surface area (TPSA) is 38.9 Å². The van der Waals surface area contributed by atoms with Crippen LogP contribution < -0.4 is 0 Å². The van der Waals surface area contributed by atoms with Gasteiger partial charge in [0, 0.05) is 27.1 Å². The third-order valence-electron chi connectivity index (χ3n) is 9.71. The molecular formula is C46H28N2O. The molecule has 3 nitrogen and oxygen atoms in total. The second-order valence-corrected chi connectivity index (χ2v) is 12.6. The molecule has 0 saturated heterocycles. The Bertz CT molecular complexity index is 2850. The van der Waals surface area contributed by atoms with Crippen molar-refractivity contribution >= 4 is 54.5 Å². The van der Waals surface area contributed by atoms with E-state index in [-0.39, 0.29) is 0 Å².